The van der Waals surface area contributed by atoms with E-state index in [0.29, 0.717) is 26.4 Å². The van der Waals surface area contributed by atoms with Crippen LogP contribution >= 0.6 is 0 Å². The van der Waals surface area contributed by atoms with Crippen LogP contribution in [0.15, 0.2) is 109 Å². The molecule has 4 rings (SSSR count). The van der Waals surface area contributed by atoms with Crippen molar-refractivity contribution in [3.63, 3.8) is 0 Å². The van der Waals surface area contributed by atoms with Crippen molar-refractivity contribution in [1.29, 1.82) is 0 Å². The standard InChI is InChI=1S/C29H28O4/c1-3-8-24(9-4-1)22-32-28-16-12-26(13-17-28)30-20-7-21-31-27-14-18-29(19-15-27)33-23-25-10-5-2-6-11-25/h1-6,8-19H,7,20-23H2. The Labute approximate surface area is 195 Å². The lowest BCUT2D eigenvalue weighted by Gasteiger charge is -2.10. The first kappa shape index (κ1) is 22.3. The van der Waals surface area contributed by atoms with Crippen LogP contribution in [0.4, 0.5) is 0 Å². The lowest BCUT2D eigenvalue weighted by molar-refractivity contribution is 0.246. The molecule has 0 amide bonds. The third kappa shape index (κ3) is 7.62. The minimum Gasteiger partial charge on any atom is -0.493 e. The van der Waals surface area contributed by atoms with Gasteiger partial charge in [-0.25, -0.2) is 0 Å². The van der Waals surface area contributed by atoms with Gasteiger partial charge >= 0.3 is 0 Å². The summed E-state index contributed by atoms with van der Waals surface area (Å²) in [7, 11) is 0. The van der Waals surface area contributed by atoms with Crippen molar-refractivity contribution in [1.82, 2.24) is 0 Å². The number of rotatable bonds is 12. The summed E-state index contributed by atoms with van der Waals surface area (Å²) in [5.41, 5.74) is 2.29. The van der Waals surface area contributed by atoms with Gasteiger partial charge in [-0.2, -0.15) is 0 Å². The Hall–Kier alpha value is -3.92. The maximum absolute atomic E-state index is 5.80. The highest BCUT2D eigenvalue weighted by Gasteiger charge is 2.00. The Bertz CT molecular complexity index is 973. The van der Waals surface area contributed by atoms with Crippen molar-refractivity contribution < 1.29 is 18.9 Å². The summed E-state index contributed by atoms with van der Waals surface area (Å²) in [5.74, 6) is 3.29. The summed E-state index contributed by atoms with van der Waals surface area (Å²) >= 11 is 0. The van der Waals surface area contributed by atoms with Crippen LogP contribution in [0.3, 0.4) is 0 Å². The van der Waals surface area contributed by atoms with E-state index in [1.807, 2.05) is 109 Å². The molecule has 0 unspecified atom stereocenters. The third-order valence-electron chi connectivity index (χ3n) is 4.97. The average molecular weight is 441 g/mol. The lowest BCUT2D eigenvalue weighted by atomic mass is 10.2. The van der Waals surface area contributed by atoms with Crippen molar-refractivity contribution in [3.8, 4) is 23.0 Å². The van der Waals surface area contributed by atoms with E-state index in [2.05, 4.69) is 0 Å². The largest absolute Gasteiger partial charge is 0.493 e. The molecule has 0 aromatic heterocycles. The number of hydrogen-bond donors (Lipinski definition) is 0. The van der Waals surface area contributed by atoms with Crippen LogP contribution < -0.4 is 18.9 Å². The van der Waals surface area contributed by atoms with Crippen LogP contribution in [-0.2, 0) is 13.2 Å². The topological polar surface area (TPSA) is 36.9 Å². The molecule has 0 fully saturated rings. The second-order valence-corrected chi connectivity index (χ2v) is 7.54. The molecule has 0 aliphatic carbocycles. The number of benzene rings is 4. The Kier molecular flexibility index (Phi) is 8.24. The van der Waals surface area contributed by atoms with Gasteiger partial charge in [0.2, 0.25) is 0 Å². The SMILES string of the molecule is c1ccc(COc2ccc(OCCCOc3ccc(OCc4ccccc4)cc3)cc2)cc1. The minimum absolute atomic E-state index is 0.554. The van der Waals surface area contributed by atoms with Crippen LogP contribution in [0.1, 0.15) is 17.5 Å². The Morgan fingerprint density at radius 3 is 1.06 bits per heavy atom. The van der Waals surface area contributed by atoms with E-state index in [1.165, 1.54) is 0 Å². The zero-order valence-electron chi connectivity index (χ0n) is 18.6. The first-order valence-corrected chi connectivity index (χ1v) is 11.1. The normalized spacial score (nSPS) is 10.4. The Balaban J connectivity index is 1.10. The van der Waals surface area contributed by atoms with E-state index in [-0.39, 0.29) is 0 Å². The van der Waals surface area contributed by atoms with E-state index < -0.39 is 0 Å². The lowest BCUT2D eigenvalue weighted by Crippen LogP contribution is -2.05. The average Bonchev–Trinajstić information content (AvgIpc) is 2.89. The van der Waals surface area contributed by atoms with Gasteiger partial charge < -0.3 is 18.9 Å². The second kappa shape index (κ2) is 12.2. The van der Waals surface area contributed by atoms with Crippen LogP contribution in [-0.4, -0.2) is 13.2 Å². The molecule has 0 spiro atoms. The molecule has 0 heterocycles. The highest BCUT2D eigenvalue weighted by Crippen LogP contribution is 2.20. The van der Waals surface area contributed by atoms with Gasteiger partial charge in [-0.1, -0.05) is 60.7 Å². The third-order valence-corrected chi connectivity index (χ3v) is 4.97. The monoisotopic (exact) mass is 440 g/mol. The van der Waals surface area contributed by atoms with Crippen molar-refractivity contribution >= 4 is 0 Å². The van der Waals surface area contributed by atoms with E-state index in [9.17, 15) is 0 Å². The summed E-state index contributed by atoms with van der Waals surface area (Å²) in [6.45, 7) is 2.28. The van der Waals surface area contributed by atoms with Crippen LogP contribution in [0.25, 0.3) is 0 Å². The van der Waals surface area contributed by atoms with E-state index in [0.717, 1.165) is 40.5 Å². The first-order valence-electron chi connectivity index (χ1n) is 11.1. The van der Waals surface area contributed by atoms with Crippen molar-refractivity contribution in [2.75, 3.05) is 13.2 Å². The smallest absolute Gasteiger partial charge is 0.120 e. The van der Waals surface area contributed by atoms with E-state index in [4.69, 9.17) is 18.9 Å². The maximum Gasteiger partial charge on any atom is 0.120 e. The molecule has 0 bridgehead atoms. The van der Waals surface area contributed by atoms with Gasteiger partial charge in [0.1, 0.15) is 36.2 Å². The van der Waals surface area contributed by atoms with Crippen LogP contribution in [0.5, 0.6) is 23.0 Å². The summed E-state index contributed by atoms with van der Waals surface area (Å²) in [6.07, 6.45) is 0.790. The molecule has 0 aliphatic heterocycles. The molecular weight excluding hydrogens is 412 g/mol. The summed E-state index contributed by atoms with van der Waals surface area (Å²) < 4.78 is 23.2. The molecule has 168 valence electrons. The van der Waals surface area contributed by atoms with Gasteiger partial charge in [0.25, 0.3) is 0 Å². The zero-order chi connectivity index (χ0) is 22.6. The molecule has 4 aromatic rings. The summed E-state index contributed by atoms with van der Waals surface area (Å²) in [4.78, 5) is 0. The predicted molar refractivity (Wildman–Crippen MR) is 130 cm³/mol. The molecule has 4 aromatic carbocycles. The molecule has 0 saturated carbocycles. The quantitative estimate of drug-likeness (QED) is 0.230. The summed E-state index contributed by atoms with van der Waals surface area (Å²) in [6, 6.07) is 35.6. The predicted octanol–water partition coefficient (Wildman–Crippen LogP) is 6.69. The molecule has 0 atom stereocenters. The molecule has 4 heteroatoms. The first-order chi connectivity index (χ1) is 16.3. The fourth-order valence-corrected chi connectivity index (χ4v) is 3.18. The highest BCUT2D eigenvalue weighted by atomic mass is 16.5. The Morgan fingerprint density at radius 1 is 0.364 bits per heavy atom. The van der Waals surface area contributed by atoms with Gasteiger partial charge in [0.15, 0.2) is 0 Å². The van der Waals surface area contributed by atoms with Crippen molar-refractivity contribution in [2.45, 2.75) is 19.6 Å². The summed E-state index contributed by atoms with van der Waals surface area (Å²) in [5, 5.41) is 0. The molecule has 33 heavy (non-hydrogen) atoms. The van der Waals surface area contributed by atoms with Crippen LogP contribution in [0.2, 0.25) is 0 Å². The zero-order valence-corrected chi connectivity index (χ0v) is 18.6. The molecule has 0 saturated heterocycles. The fourth-order valence-electron chi connectivity index (χ4n) is 3.18. The minimum atomic E-state index is 0.554. The fraction of sp³-hybridized carbons (Fsp3) is 0.172. The molecule has 0 N–H and O–H groups in total. The van der Waals surface area contributed by atoms with E-state index in [1.54, 1.807) is 0 Å². The molecule has 0 radical (unpaired) electrons. The van der Waals surface area contributed by atoms with Crippen molar-refractivity contribution in [2.24, 2.45) is 0 Å². The van der Waals surface area contributed by atoms with Gasteiger partial charge in [0, 0.05) is 6.42 Å². The van der Waals surface area contributed by atoms with Gasteiger partial charge in [-0.3, -0.25) is 0 Å². The number of ether oxygens (including phenoxy) is 4. The second-order valence-electron chi connectivity index (χ2n) is 7.54. The molecule has 0 aliphatic rings. The molecule has 4 nitrogen and oxygen atoms in total. The van der Waals surface area contributed by atoms with Gasteiger partial charge in [-0.15, -0.1) is 0 Å². The van der Waals surface area contributed by atoms with Gasteiger partial charge in [0.05, 0.1) is 13.2 Å². The maximum atomic E-state index is 5.80. The Morgan fingerprint density at radius 2 is 0.697 bits per heavy atom. The number of hydrogen-bond acceptors (Lipinski definition) is 4. The molecular formula is C29H28O4. The van der Waals surface area contributed by atoms with Crippen molar-refractivity contribution in [3.05, 3.63) is 120 Å². The highest BCUT2D eigenvalue weighted by molar-refractivity contribution is 5.32. The van der Waals surface area contributed by atoms with E-state index >= 15 is 0 Å². The van der Waals surface area contributed by atoms with Gasteiger partial charge in [-0.05, 0) is 59.7 Å². The van der Waals surface area contributed by atoms with Crippen LogP contribution in [0, 0.1) is 0 Å².